The maximum Gasteiger partial charge on any atom is 0.0595 e. The van der Waals surface area contributed by atoms with Crippen molar-refractivity contribution in [3.8, 4) is 0 Å². The molecule has 1 aromatic heterocycles. The smallest absolute Gasteiger partial charge is 0.0595 e. The molecule has 0 aliphatic rings. The van der Waals surface area contributed by atoms with E-state index in [1.165, 1.54) is 5.69 Å². The van der Waals surface area contributed by atoms with E-state index >= 15 is 0 Å². The van der Waals surface area contributed by atoms with Gasteiger partial charge >= 0.3 is 0 Å². The lowest BCUT2D eigenvalue weighted by molar-refractivity contribution is 0.666. The molecule has 0 spiro atoms. The Balaban J connectivity index is 0.00000180. The van der Waals surface area contributed by atoms with E-state index in [0.717, 1.165) is 18.5 Å². The van der Waals surface area contributed by atoms with Crippen molar-refractivity contribution in [2.75, 3.05) is 0 Å². The van der Waals surface area contributed by atoms with Crippen LogP contribution in [0.2, 0.25) is 10.0 Å². The van der Waals surface area contributed by atoms with Crippen LogP contribution in [0.1, 0.15) is 18.2 Å². The summed E-state index contributed by atoms with van der Waals surface area (Å²) in [5, 5.41) is 1.18. The van der Waals surface area contributed by atoms with E-state index < -0.39 is 0 Å². The second-order valence-corrected chi connectivity index (χ2v) is 5.37. The van der Waals surface area contributed by atoms with E-state index in [-0.39, 0.29) is 18.4 Å². The van der Waals surface area contributed by atoms with Crippen molar-refractivity contribution in [2.24, 2.45) is 5.73 Å². The minimum atomic E-state index is 0. The number of nitrogens with zero attached hydrogens (tertiary/aromatic N) is 1. The summed E-state index contributed by atoms with van der Waals surface area (Å²) in [6, 6.07) is 10.0. The summed E-state index contributed by atoms with van der Waals surface area (Å²) in [7, 11) is 0. The minimum Gasteiger partial charge on any atom is -0.347 e. The van der Waals surface area contributed by atoms with Gasteiger partial charge < -0.3 is 10.3 Å². The van der Waals surface area contributed by atoms with Gasteiger partial charge in [0.25, 0.3) is 0 Å². The molecule has 1 aromatic carbocycles. The maximum absolute atomic E-state index is 6.02. The average Bonchev–Trinajstić information content (AvgIpc) is 2.70. The lowest BCUT2D eigenvalue weighted by Gasteiger charge is -2.11. The first-order chi connectivity index (χ1) is 8.56. The van der Waals surface area contributed by atoms with E-state index in [2.05, 4.69) is 16.8 Å². The topological polar surface area (TPSA) is 30.9 Å². The number of halogens is 3. The predicted molar refractivity (Wildman–Crippen MR) is 84.6 cm³/mol. The van der Waals surface area contributed by atoms with Crippen LogP contribution in [0, 0.1) is 0 Å². The third-order valence-electron chi connectivity index (χ3n) is 2.79. The van der Waals surface area contributed by atoms with Crippen LogP contribution in [0.25, 0.3) is 0 Å². The molecule has 2 rings (SSSR count). The summed E-state index contributed by atoms with van der Waals surface area (Å²) in [5.41, 5.74) is 8.20. The highest BCUT2D eigenvalue weighted by Gasteiger charge is 2.05. The number of hydrogen-bond donors (Lipinski definition) is 1. The molecule has 104 valence electrons. The molecule has 5 heteroatoms. The highest BCUT2D eigenvalue weighted by atomic mass is 35.5. The molecular formula is C14H17Cl3N2. The van der Waals surface area contributed by atoms with E-state index in [1.54, 1.807) is 0 Å². The summed E-state index contributed by atoms with van der Waals surface area (Å²) >= 11 is 11.9. The van der Waals surface area contributed by atoms with Gasteiger partial charge in [-0.25, -0.2) is 0 Å². The van der Waals surface area contributed by atoms with Crippen LogP contribution in [0.15, 0.2) is 36.5 Å². The number of benzene rings is 1. The molecule has 0 aliphatic heterocycles. The predicted octanol–water partition coefficient (Wildman–Crippen LogP) is 4.15. The minimum absolute atomic E-state index is 0. The molecular weight excluding hydrogens is 303 g/mol. The number of hydrogen-bond acceptors (Lipinski definition) is 1. The van der Waals surface area contributed by atoms with Crippen LogP contribution in [0.4, 0.5) is 0 Å². The first-order valence-electron chi connectivity index (χ1n) is 5.90. The molecule has 0 radical (unpaired) electrons. The molecule has 2 N–H and O–H groups in total. The standard InChI is InChI=1S/C14H16Cl2N2.ClH/c1-10(17)7-12-3-2-6-18(12)9-11-4-5-13(15)14(16)8-11;/h2-6,8,10H,7,9,17H2,1H3;1H. The first kappa shape index (κ1) is 16.4. The molecule has 0 bridgehead atoms. The van der Waals surface area contributed by atoms with Crippen molar-refractivity contribution in [1.82, 2.24) is 4.57 Å². The fourth-order valence-electron chi connectivity index (χ4n) is 1.95. The number of nitrogens with two attached hydrogens (primary N) is 1. The summed E-state index contributed by atoms with van der Waals surface area (Å²) in [4.78, 5) is 0. The van der Waals surface area contributed by atoms with Gasteiger partial charge in [0.05, 0.1) is 10.0 Å². The lowest BCUT2D eigenvalue weighted by Crippen LogP contribution is -2.20. The van der Waals surface area contributed by atoms with E-state index in [9.17, 15) is 0 Å². The Kier molecular flexibility index (Phi) is 6.21. The largest absolute Gasteiger partial charge is 0.347 e. The molecule has 2 nitrogen and oxygen atoms in total. The van der Waals surface area contributed by atoms with Gasteiger partial charge in [0.2, 0.25) is 0 Å². The Hall–Kier alpha value is -0.670. The fraction of sp³-hybridized carbons (Fsp3) is 0.286. The van der Waals surface area contributed by atoms with Gasteiger partial charge in [-0.15, -0.1) is 12.4 Å². The Morgan fingerprint density at radius 3 is 2.58 bits per heavy atom. The highest BCUT2D eigenvalue weighted by molar-refractivity contribution is 6.42. The summed E-state index contributed by atoms with van der Waals surface area (Å²) < 4.78 is 2.18. The van der Waals surface area contributed by atoms with Crippen molar-refractivity contribution >= 4 is 35.6 Å². The van der Waals surface area contributed by atoms with Crippen LogP contribution in [-0.2, 0) is 13.0 Å². The maximum atomic E-state index is 6.02. The van der Waals surface area contributed by atoms with Gasteiger partial charge in [-0.1, -0.05) is 29.3 Å². The van der Waals surface area contributed by atoms with Gasteiger partial charge in [0.1, 0.15) is 0 Å². The Bertz CT molecular complexity index is 535. The van der Waals surface area contributed by atoms with Crippen molar-refractivity contribution in [3.05, 3.63) is 57.8 Å². The van der Waals surface area contributed by atoms with Crippen molar-refractivity contribution in [2.45, 2.75) is 25.9 Å². The third kappa shape index (κ3) is 4.43. The zero-order valence-corrected chi connectivity index (χ0v) is 13.0. The van der Waals surface area contributed by atoms with Crippen molar-refractivity contribution in [1.29, 1.82) is 0 Å². The molecule has 0 aliphatic carbocycles. The average molecular weight is 320 g/mol. The molecule has 2 aromatic rings. The van der Waals surface area contributed by atoms with E-state index in [4.69, 9.17) is 28.9 Å². The highest BCUT2D eigenvalue weighted by Crippen LogP contribution is 2.23. The monoisotopic (exact) mass is 318 g/mol. The van der Waals surface area contributed by atoms with E-state index in [1.807, 2.05) is 31.2 Å². The molecule has 0 amide bonds. The Labute approximate surface area is 129 Å². The quantitative estimate of drug-likeness (QED) is 0.901. The first-order valence-corrected chi connectivity index (χ1v) is 6.65. The molecule has 1 atom stereocenters. The molecule has 0 fully saturated rings. The van der Waals surface area contributed by atoms with Crippen LogP contribution in [0.5, 0.6) is 0 Å². The number of aromatic nitrogens is 1. The van der Waals surface area contributed by atoms with Gasteiger partial charge in [0.15, 0.2) is 0 Å². The van der Waals surface area contributed by atoms with Crippen LogP contribution in [0.3, 0.4) is 0 Å². The zero-order chi connectivity index (χ0) is 13.1. The van der Waals surface area contributed by atoms with E-state index in [0.29, 0.717) is 10.0 Å². The second kappa shape index (κ2) is 7.20. The Morgan fingerprint density at radius 1 is 1.21 bits per heavy atom. The molecule has 1 unspecified atom stereocenters. The molecule has 19 heavy (non-hydrogen) atoms. The van der Waals surface area contributed by atoms with Gasteiger partial charge in [-0.2, -0.15) is 0 Å². The van der Waals surface area contributed by atoms with Crippen LogP contribution in [-0.4, -0.2) is 10.6 Å². The fourth-order valence-corrected chi connectivity index (χ4v) is 2.27. The summed E-state index contributed by atoms with van der Waals surface area (Å²) in [6.07, 6.45) is 2.93. The molecule has 1 heterocycles. The van der Waals surface area contributed by atoms with Gasteiger partial charge in [-0.3, -0.25) is 0 Å². The molecule has 0 saturated carbocycles. The van der Waals surface area contributed by atoms with Crippen molar-refractivity contribution in [3.63, 3.8) is 0 Å². The van der Waals surface area contributed by atoms with Gasteiger partial charge in [-0.05, 0) is 36.8 Å². The van der Waals surface area contributed by atoms with Crippen LogP contribution >= 0.6 is 35.6 Å². The summed E-state index contributed by atoms with van der Waals surface area (Å²) in [6.45, 7) is 2.79. The SMILES string of the molecule is CC(N)Cc1cccn1Cc1ccc(Cl)c(Cl)c1.Cl. The normalized spacial score (nSPS) is 12.0. The third-order valence-corrected chi connectivity index (χ3v) is 3.53. The van der Waals surface area contributed by atoms with Gasteiger partial charge in [0, 0.05) is 30.9 Å². The van der Waals surface area contributed by atoms with Crippen LogP contribution < -0.4 is 5.73 Å². The zero-order valence-electron chi connectivity index (χ0n) is 10.6. The molecule has 0 saturated heterocycles. The van der Waals surface area contributed by atoms with Crippen molar-refractivity contribution < 1.29 is 0 Å². The summed E-state index contributed by atoms with van der Waals surface area (Å²) in [5.74, 6) is 0. The number of rotatable bonds is 4. The Morgan fingerprint density at radius 2 is 1.95 bits per heavy atom. The second-order valence-electron chi connectivity index (χ2n) is 4.56. The lowest BCUT2D eigenvalue weighted by atomic mass is 10.2.